The summed E-state index contributed by atoms with van der Waals surface area (Å²) in [4.78, 5) is 2.35. The Morgan fingerprint density at radius 2 is 1.57 bits per heavy atom. The fourth-order valence-corrected chi connectivity index (χ4v) is 3.02. The molecule has 3 rings (SSSR count). The number of fused-ring (bicyclic) bond motifs is 1. The van der Waals surface area contributed by atoms with Gasteiger partial charge in [0.2, 0.25) is 0 Å². The molecular weight excluding hydrogens is 280 g/mol. The summed E-state index contributed by atoms with van der Waals surface area (Å²) in [5, 5.41) is 11.7. The van der Waals surface area contributed by atoms with Gasteiger partial charge in [0.25, 0.3) is 0 Å². The monoisotopic (exact) mass is 300 g/mol. The summed E-state index contributed by atoms with van der Waals surface area (Å²) in [5.74, 6) is 0. The van der Waals surface area contributed by atoms with Crippen LogP contribution < -0.4 is 4.90 Å². The van der Waals surface area contributed by atoms with Crippen LogP contribution in [0.25, 0.3) is 21.9 Å². The molecule has 0 aliphatic rings. The summed E-state index contributed by atoms with van der Waals surface area (Å²) in [7, 11) is 0. The van der Waals surface area contributed by atoms with Crippen LogP contribution in [-0.2, 0) is 0 Å². The molecule has 0 aliphatic carbocycles. The van der Waals surface area contributed by atoms with Crippen molar-refractivity contribution in [2.24, 2.45) is 0 Å². The smallest absolute Gasteiger partial charge is 0.0998 e. The molecule has 0 atom stereocenters. The van der Waals surface area contributed by atoms with Crippen molar-refractivity contribution >= 4 is 16.5 Å². The van der Waals surface area contributed by atoms with Gasteiger partial charge in [-0.1, -0.05) is 36.4 Å². The third kappa shape index (κ3) is 2.91. The van der Waals surface area contributed by atoms with Crippen LogP contribution in [0, 0.1) is 11.3 Å². The van der Waals surface area contributed by atoms with E-state index in [0.717, 1.165) is 24.2 Å². The quantitative estimate of drug-likeness (QED) is 0.660. The third-order valence-corrected chi connectivity index (χ3v) is 4.31. The van der Waals surface area contributed by atoms with E-state index in [1.165, 1.54) is 16.5 Å². The Balaban J connectivity index is 2.07. The summed E-state index contributed by atoms with van der Waals surface area (Å²) in [6.45, 7) is 6.37. The molecule has 23 heavy (non-hydrogen) atoms. The Bertz CT molecular complexity index is 870. The van der Waals surface area contributed by atoms with Crippen LogP contribution in [0.2, 0.25) is 0 Å². The molecule has 2 nitrogen and oxygen atoms in total. The van der Waals surface area contributed by atoms with Crippen molar-refractivity contribution in [3.63, 3.8) is 0 Å². The minimum Gasteiger partial charge on any atom is -0.372 e. The molecule has 0 aromatic heterocycles. The van der Waals surface area contributed by atoms with Crippen molar-refractivity contribution in [3.05, 3.63) is 66.2 Å². The number of nitriles is 1. The van der Waals surface area contributed by atoms with E-state index in [1.807, 2.05) is 24.3 Å². The second-order valence-electron chi connectivity index (χ2n) is 5.58. The lowest BCUT2D eigenvalue weighted by Gasteiger charge is -2.21. The van der Waals surface area contributed by atoms with E-state index in [4.69, 9.17) is 0 Å². The van der Waals surface area contributed by atoms with E-state index in [1.54, 1.807) is 0 Å². The standard InChI is InChI=1S/C21H20N2/c1-3-23(4-2)20-12-11-16-13-18(10-9-17(16)14-20)21-8-6-5-7-19(21)15-22/h5-14H,3-4H2,1-2H3. The van der Waals surface area contributed by atoms with Gasteiger partial charge in [-0.15, -0.1) is 0 Å². The highest BCUT2D eigenvalue weighted by Gasteiger charge is 2.07. The Hall–Kier alpha value is -2.79. The van der Waals surface area contributed by atoms with Crippen LogP contribution in [-0.4, -0.2) is 13.1 Å². The first-order chi connectivity index (χ1) is 11.3. The summed E-state index contributed by atoms with van der Waals surface area (Å²) in [6.07, 6.45) is 0. The molecule has 0 saturated heterocycles. The molecule has 0 spiro atoms. The van der Waals surface area contributed by atoms with Gasteiger partial charge < -0.3 is 4.90 Å². The number of nitrogens with zero attached hydrogens (tertiary/aromatic N) is 2. The van der Waals surface area contributed by atoms with Crippen LogP contribution in [0.5, 0.6) is 0 Å². The van der Waals surface area contributed by atoms with E-state index in [-0.39, 0.29) is 0 Å². The first-order valence-corrected chi connectivity index (χ1v) is 8.05. The van der Waals surface area contributed by atoms with Gasteiger partial charge in [0.05, 0.1) is 11.6 Å². The fraction of sp³-hybridized carbons (Fsp3) is 0.190. The highest BCUT2D eigenvalue weighted by molar-refractivity contribution is 5.90. The average molecular weight is 300 g/mol. The highest BCUT2D eigenvalue weighted by atomic mass is 15.1. The topological polar surface area (TPSA) is 27.0 Å². The second-order valence-corrected chi connectivity index (χ2v) is 5.58. The summed E-state index contributed by atoms with van der Waals surface area (Å²) < 4.78 is 0. The van der Waals surface area contributed by atoms with Crippen LogP contribution >= 0.6 is 0 Å². The summed E-state index contributed by atoms with van der Waals surface area (Å²) >= 11 is 0. The molecule has 0 bridgehead atoms. The van der Waals surface area contributed by atoms with Gasteiger partial charge in [-0.3, -0.25) is 0 Å². The lowest BCUT2D eigenvalue weighted by molar-refractivity contribution is 0.867. The number of hydrogen-bond donors (Lipinski definition) is 0. The van der Waals surface area contributed by atoms with Crippen LogP contribution in [0.3, 0.4) is 0 Å². The van der Waals surface area contributed by atoms with Crippen LogP contribution in [0.15, 0.2) is 60.7 Å². The molecule has 0 radical (unpaired) electrons. The normalized spacial score (nSPS) is 10.5. The van der Waals surface area contributed by atoms with Gasteiger partial charge in [0.15, 0.2) is 0 Å². The van der Waals surface area contributed by atoms with E-state index in [2.05, 4.69) is 61.2 Å². The maximum atomic E-state index is 9.29. The van der Waals surface area contributed by atoms with E-state index in [9.17, 15) is 5.26 Å². The van der Waals surface area contributed by atoms with Crippen molar-refractivity contribution in [2.75, 3.05) is 18.0 Å². The summed E-state index contributed by atoms with van der Waals surface area (Å²) in [6, 6.07) is 23.0. The molecule has 2 heteroatoms. The summed E-state index contributed by atoms with van der Waals surface area (Å²) in [5.41, 5.74) is 4.05. The van der Waals surface area contributed by atoms with E-state index < -0.39 is 0 Å². The second kappa shape index (κ2) is 6.54. The SMILES string of the molecule is CCN(CC)c1ccc2cc(-c3ccccc3C#N)ccc2c1. The predicted octanol–water partition coefficient (Wildman–Crippen LogP) is 5.22. The zero-order valence-corrected chi connectivity index (χ0v) is 13.6. The Morgan fingerprint density at radius 3 is 2.30 bits per heavy atom. The van der Waals surface area contributed by atoms with E-state index >= 15 is 0 Å². The molecular formula is C21H20N2. The lowest BCUT2D eigenvalue weighted by atomic mass is 9.97. The van der Waals surface area contributed by atoms with Gasteiger partial charge in [-0.25, -0.2) is 0 Å². The Labute approximate surface area is 137 Å². The van der Waals surface area contributed by atoms with Crippen molar-refractivity contribution < 1.29 is 0 Å². The number of rotatable bonds is 4. The Kier molecular flexibility index (Phi) is 4.30. The minimum absolute atomic E-state index is 0.714. The van der Waals surface area contributed by atoms with Gasteiger partial charge >= 0.3 is 0 Å². The number of anilines is 1. The van der Waals surface area contributed by atoms with Crippen molar-refractivity contribution in [3.8, 4) is 17.2 Å². The maximum Gasteiger partial charge on any atom is 0.0998 e. The van der Waals surface area contributed by atoms with Gasteiger partial charge in [0.1, 0.15) is 0 Å². The van der Waals surface area contributed by atoms with Crippen LogP contribution in [0.4, 0.5) is 5.69 Å². The van der Waals surface area contributed by atoms with Gasteiger partial charge in [0, 0.05) is 18.8 Å². The molecule has 0 amide bonds. The molecule has 3 aromatic rings. The molecule has 0 aliphatic heterocycles. The maximum absolute atomic E-state index is 9.29. The lowest BCUT2D eigenvalue weighted by Crippen LogP contribution is -2.21. The molecule has 0 saturated carbocycles. The molecule has 0 unspecified atom stereocenters. The van der Waals surface area contributed by atoms with E-state index in [0.29, 0.717) is 5.56 Å². The number of hydrogen-bond acceptors (Lipinski definition) is 2. The number of benzene rings is 3. The van der Waals surface area contributed by atoms with Crippen molar-refractivity contribution in [2.45, 2.75) is 13.8 Å². The van der Waals surface area contributed by atoms with Crippen LogP contribution in [0.1, 0.15) is 19.4 Å². The largest absolute Gasteiger partial charge is 0.372 e. The first-order valence-electron chi connectivity index (χ1n) is 8.05. The van der Waals surface area contributed by atoms with Crippen molar-refractivity contribution in [1.82, 2.24) is 0 Å². The highest BCUT2D eigenvalue weighted by Crippen LogP contribution is 2.29. The third-order valence-electron chi connectivity index (χ3n) is 4.31. The zero-order chi connectivity index (χ0) is 16.2. The molecule has 0 N–H and O–H groups in total. The fourth-order valence-electron chi connectivity index (χ4n) is 3.02. The Morgan fingerprint density at radius 1 is 0.870 bits per heavy atom. The minimum atomic E-state index is 0.714. The van der Waals surface area contributed by atoms with Gasteiger partial charge in [-0.2, -0.15) is 5.26 Å². The first kappa shape index (κ1) is 15.1. The molecule has 0 heterocycles. The zero-order valence-electron chi connectivity index (χ0n) is 13.6. The molecule has 114 valence electrons. The van der Waals surface area contributed by atoms with Gasteiger partial charge in [-0.05, 0) is 60.0 Å². The molecule has 0 fully saturated rings. The predicted molar refractivity (Wildman–Crippen MR) is 97.7 cm³/mol. The molecule has 3 aromatic carbocycles. The van der Waals surface area contributed by atoms with Crippen molar-refractivity contribution in [1.29, 1.82) is 5.26 Å². The average Bonchev–Trinajstić information content (AvgIpc) is 2.62.